The van der Waals surface area contributed by atoms with Gasteiger partial charge in [0, 0.05) is 23.7 Å². The van der Waals surface area contributed by atoms with E-state index in [0.29, 0.717) is 0 Å². The Bertz CT molecular complexity index is 538. The maximum atomic E-state index is 7.79. The van der Waals surface area contributed by atoms with Gasteiger partial charge in [0.25, 0.3) is 0 Å². The third-order valence-electron chi connectivity index (χ3n) is 2.22. The van der Waals surface area contributed by atoms with Gasteiger partial charge < -0.3 is 16.4 Å². The molecular formula is C17H21NO2. The molecule has 106 valence electrons. The van der Waals surface area contributed by atoms with Gasteiger partial charge in [0.15, 0.2) is 0 Å². The van der Waals surface area contributed by atoms with Gasteiger partial charge in [0.2, 0.25) is 0 Å². The Labute approximate surface area is 121 Å². The van der Waals surface area contributed by atoms with Gasteiger partial charge in [-0.3, -0.25) is 0 Å². The largest absolute Gasteiger partial charge is 0.461 e. The lowest BCUT2D eigenvalue weighted by Gasteiger charge is -2.18. The second-order valence-corrected chi connectivity index (χ2v) is 4.84. The molecule has 0 aliphatic heterocycles. The maximum Gasteiger partial charge on any atom is 0.122 e. The summed E-state index contributed by atoms with van der Waals surface area (Å²) in [6, 6.07) is 8.74. The topological polar surface area (TPSA) is 75.5 Å². The zero-order valence-corrected chi connectivity index (χ0v) is 12.4. The number of hydrogen-bond acceptors (Lipinski definition) is 3. The standard InChI is InChI=1S/C11H16.C6H2O2.H3N/c1-9-5-7-10(8-6-9)11(2,3)4;7-5-3-1-2-4-6-8;/h5-8H,1-4H3;7-8H;1H3. The third kappa shape index (κ3) is 9.49. The van der Waals surface area contributed by atoms with Crippen molar-refractivity contribution >= 4 is 0 Å². The summed E-state index contributed by atoms with van der Waals surface area (Å²) in [5, 5.41) is 15.6. The third-order valence-corrected chi connectivity index (χ3v) is 2.22. The van der Waals surface area contributed by atoms with Crippen LogP contribution in [0.15, 0.2) is 24.3 Å². The molecule has 1 rings (SSSR count). The zero-order chi connectivity index (χ0) is 14.7. The zero-order valence-electron chi connectivity index (χ0n) is 12.4. The summed E-state index contributed by atoms with van der Waals surface area (Å²) in [6.45, 7) is 8.82. The molecule has 0 bridgehead atoms. The summed E-state index contributed by atoms with van der Waals surface area (Å²) in [5.41, 5.74) is 3.02. The van der Waals surface area contributed by atoms with Crippen LogP contribution in [0.3, 0.4) is 0 Å². The normalized spacial score (nSPS) is 7.80. The molecule has 0 atom stereocenters. The van der Waals surface area contributed by atoms with E-state index in [-0.39, 0.29) is 11.6 Å². The van der Waals surface area contributed by atoms with Crippen LogP contribution >= 0.6 is 0 Å². The summed E-state index contributed by atoms with van der Waals surface area (Å²) in [4.78, 5) is 0. The van der Waals surface area contributed by atoms with Gasteiger partial charge >= 0.3 is 0 Å². The molecule has 0 saturated carbocycles. The van der Waals surface area contributed by atoms with Crippen molar-refractivity contribution in [2.45, 2.75) is 33.1 Å². The predicted molar refractivity (Wildman–Crippen MR) is 82.1 cm³/mol. The van der Waals surface area contributed by atoms with Crippen LogP contribution in [-0.2, 0) is 5.41 Å². The van der Waals surface area contributed by atoms with Gasteiger partial charge in [0.05, 0.1) is 0 Å². The first-order valence-electron chi connectivity index (χ1n) is 5.77. The Kier molecular flexibility index (Phi) is 10.3. The molecule has 0 fully saturated rings. The van der Waals surface area contributed by atoms with Crippen molar-refractivity contribution in [1.82, 2.24) is 6.15 Å². The minimum absolute atomic E-state index is 0. The van der Waals surface area contributed by atoms with E-state index in [4.69, 9.17) is 10.2 Å². The van der Waals surface area contributed by atoms with Crippen LogP contribution in [0.2, 0.25) is 0 Å². The number of aryl methyl sites for hydroxylation is 1. The minimum atomic E-state index is 0. The van der Waals surface area contributed by atoms with Crippen LogP contribution in [0.25, 0.3) is 0 Å². The molecule has 5 N–H and O–H groups in total. The van der Waals surface area contributed by atoms with E-state index >= 15 is 0 Å². The highest BCUT2D eigenvalue weighted by Crippen LogP contribution is 2.21. The molecule has 1 aromatic rings. The van der Waals surface area contributed by atoms with E-state index in [0.717, 1.165) is 0 Å². The van der Waals surface area contributed by atoms with E-state index < -0.39 is 0 Å². The van der Waals surface area contributed by atoms with Crippen molar-refractivity contribution in [3.8, 4) is 35.9 Å². The summed E-state index contributed by atoms with van der Waals surface area (Å²) < 4.78 is 0. The van der Waals surface area contributed by atoms with Crippen molar-refractivity contribution in [3.05, 3.63) is 35.4 Å². The van der Waals surface area contributed by atoms with Gasteiger partial charge in [-0.1, -0.05) is 50.6 Å². The monoisotopic (exact) mass is 271 g/mol. The smallest absolute Gasteiger partial charge is 0.122 e. The summed E-state index contributed by atoms with van der Waals surface area (Å²) in [6.07, 6.45) is 3.11. The van der Waals surface area contributed by atoms with Crippen molar-refractivity contribution in [3.63, 3.8) is 0 Å². The molecule has 0 aromatic heterocycles. The number of rotatable bonds is 0. The van der Waals surface area contributed by atoms with Crippen LogP contribution in [0.1, 0.15) is 31.9 Å². The lowest BCUT2D eigenvalue weighted by molar-refractivity contribution is 0.517. The fourth-order valence-electron chi connectivity index (χ4n) is 1.17. The first-order chi connectivity index (χ1) is 8.91. The molecule has 0 unspecified atom stereocenters. The van der Waals surface area contributed by atoms with E-state index in [1.165, 1.54) is 11.1 Å². The van der Waals surface area contributed by atoms with Gasteiger partial charge in [0.1, 0.15) is 12.2 Å². The van der Waals surface area contributed by atoms with Crippen LogP contribution in [0.4, 0.5) is 0 Å². The predicted octanol–water partition coefficient (Wildman–Crippen LogP) is 3.11. The highest BCUT2D eigenvalue weighted by Gasteiger charge is 2.11. The fraction of sp³-hybridized carbons (Fsp3) is 0.294. The van der Waals surface area contributed by atoms with E-state index in [2.05, 4.69) is 63.8 Å². The van der Waals surface area contributed by atoms with Gasteiger partial charge in [-0.15, -0.1) is 0 Å². The Morgan fingerprint density at radius 2 is 1.20 bits per heavy atom. The molecule has 3 nitrogen and oxygen atoms in total. The molecule has 0 saturated heterocycles. The van der Waals surface area contributed by atoms with Crippen molar-refractivity contribution in [1.29, 1.82) is 0 Å². The van der Waals surface area contributed by atoms with Crippen molar-refractivity contribution in [2.24, 2.45) is 0 Å². The lowest BCUT2D eigenvalue weighted by Crippen LogP contribution is -2.10. The lowest BCUT2D eigenvalue weighted by atomic mass is 9.87. The number of hydrogen-bond donors (Lipinski definition) is 3. The second kappa shape index (κ2) is 10.4. The molecule has 0 radical (unpaired) electrons. The highest BCUT2D eigenvalue weighted by molar-refractivity contribution is 5.33. The molecule has 0 amide bonds. The van der Waals surface area contributed by atoms with Crippen LogP contribution in [0.5, 0.6) is 0 Å². The molecule has 0 spiro atoms. The molecule has 1 aromatic carbocycles. The first-order valence-corrected chi connectivity index (χ1v) is 5.77. The van der Waals surface area contributed by atoms with Crippen molar-refractivity contribution < 1.29 is 10.2 Å². The molecule has 20 heavy (non-hydrogen) atoms. The van der Waals surface area contributed by atoms with Gasteiger partial charge in [-0.25, -0.2) is 0 Å². The quantitative estimate of drug-likeness (QED) is 0.635. The molecule has 0 aliphatic carbocycles. The van der Waals surface area contributed by atoms with Crippen molar-refractivity contribution in [2.75, 3.05) is 0 Å². The van der Waals surface area contributed by atoms with Gasteiger partial charge in [-0.05, 0) is 17.9 Å². The molecule has 0 heterocycles. The number of aliphatic hydroxyl groups excluding tert-OH is 2. The Hall–Kier alpha value is -2.54. The van der Waals surface area contributed by atoms with Crippen LogP contribution in [-0.4, -0.2) is 10.2 Å². The van der Waals surface area contributed by atoms with E-state index in [9.17, 15) is 0 Å². The SMILES string of the molecule is Cc1ccc(C(C)(C)C)cc1.N.OC#CC#CC#CO. The van der Waals surface area contributed by atoms with Gasteiger partial charge in [-0.2, -0.15) is 0 Å². The fourth-order valence-corrected chi connectivity index (χ4v) is 1.17. The summed E-state index contributed by atoms with van der Waals surface area (Å²) >= 11 is 0. The average Bonchev–Trinajstić information content (AvgIpc) is 2.35. The van der Waals surface area contributed by atoms with Crippen LogP contribution in [0, 0.1) is 42.8 Å². The Balaban J connectivity index is 0. The molecule has 3 heteroatoms. The summed E-state index contributed by atoms with van der Waals surface area (Å²) in [7, 11) is 0. The number of benzene rings is 1. The Morgan fingerprint density at radius 1 is 0.800 bits per heavy atom. The van der Waals surface area contributed by atoms with Crippen LogP contribution < -0.4 is 6.15 Å². The second-order valence-electron chi connectivity index (χ2n) is 4.84. The average molecular weight is 271 g/mol. The molecule has 0 aliphatic rings. The maximum absolute atomic E-state index is 7.79. The minimum Gasteiger partial charge on any atom is -0.461 e. The highest BCUT2D eigenvalue weighted by atomic mass is 16.2. The summed E-state index contributed by atoms with van der Waals surface area (Å²) in [5.74, 6) is 8.31. The molecular weight excluding hydrogens is 250 g/mol. The first kappa shape index (κ1) is 19.8. The van der Waals surface area contributed by atoms with E-state index in [1.54, 1.807) is 12.2 Å². The number of aliphatic hydroxyl groups is 2. The van der Waals surface area contributed by atoms with E-state index in [1.807, 2.05) is 11.8 Å². The Morgan fingerprint density at radius 3 is 1.50 bits per heavy atom.